The smallest absolute Gasteiger partial charge is 0.292 e. The summed E-state index contributed by atoms with van der Waals surface area (Å²) in [5.74, 6) is 1.04. The van der Waals surface area contributed by atoms with Gasteiger partial charge in [-0.15, -0.1) is 0 Å². The van der Waals surface area contributed by atoms with Crippen molar-refractivity contribution in [1.82, 2.24) is 14.4 Å². The molecule has 0 spiro atoms. The van der Waals surface area contributed by atoms with Gasteiger partial charge in [-0.25, -0.2) is 4.98 Å². The molecule has 7 heteroatoms. The van der Waals surface area contributed by atoms with Gasteiger partial charge in [-0.2, -0.15) is 4.98 Å². The third-order valence-corrected chi connectivity index (χ3v) is 3.90. The van der Waals surface area contributed by atoms with Crippen molar-refractivity contribution in [2.24, 2.45) is 0 Å². The van der Waals surface area contributed by atoms with Crippen LogP contribution in [0.4, 0.5) is 11.5 Å². The zero-order chi connectivity index (χ0) is 19.2. The summed E-state index contributed by atoms with van der Waals surface area (Å²) in [6.45, 7) is 2.40. The molecule has 0 radical (unpaired) electrons. The van der Waals surface area contributed by atoms with Gasteiger partial charge in [-0.3, -0.25) is 14.0 Å². The molecule has 2 heterocycles. The molecule has 0 atom stereocenters. The summed E-state index contributed by atoms with van der Waals surface area (Å²) in [5, 5.41) is 3.85. The highest BCUT2D eigenvalue weighted by molar-refractivity contribution is 5.79. The van der Waals surface area contributed by atoms with Gasteiger partial charge in [0.1, 0.15) is 5.82 Å². The Morgan fingerprint density at radius 3 is 2.48 bits per heavy atom. The number of nitrogens with zero attached hydrogens (tertiary/aromatic N) is 3. The number of rotatable bonds is 3. The number of anilines is 2. The van der Waals surface area contributed by atoms with Crippen LogP contribution in [0.1, 0.15) is 5.56 Å². The number of nitrogens with one attached hydrogen (secondary N) is 1. The van der Waals surface area contributed by atoms with Crippen molar-refractivity contribution in [1.29, 1.82) is 0 Å². The van der Waals surface area contributed by atoms with Crippen molar-refractivity contribution < 1.29 is 9.53 Å². The van der Waals surface area contributed by atoms with Crippen molar-refractivity contribution in [3.05, 3.63) is 76.7 Å². The summed E-state index contributed by atoms with van der Waals surface area (Å²) in [6.07, 6.45) is 1.70. The van der Waals surface area contributed by atoms with Gasteiger partial charge in [0.05, 0.1) is 18.0 Å². The van der Waals surface area contributed by atoms with E-state index >= 15 is 0 Å². The Morgan fingerprint density at radius 1 is 1.04 bits per heavy atom. The van der Waals surface area contributed by atoms with E-state index in [9.17, 15) is 4.79 Å². The number of aromatic nitrogens is 3. The molecule has 4 rings (SSSR count). The second kappa shape index (κ2) is 8.09. The number of hydrogen-bond donors (Lipinski definition) is 1. The molecule has 0 unspecified atom stereocenters. The second-order valence-electron chi connectivity index (χ2n) is 5.69. The quantitative estimate of drug-likeness (QED) is 0.445. The van der Waals surface area contributed by atoms with Crippen molar-refractivity contribution in [3.63, 3.8) is 0 Å². The number of carbonyl (C=O) groups is 1. The number of aryl methyl sites for hydroxylation is 1. The van der Waals surface area contributed by atoms with Gasteiger partial charge in [-0.1, -0.05) is 30.3 Å². The van der Waals surface area contributed by atoms with E-state index in [0.29, 0.717) is 29.0 Å². The molecule has 0 saturated heterocycles. The maximum atomic E-state index is 12.5. The van der Waals surface area contributed by atoms with Gasteiger partial charge in [0.2, 0.25) is 5.78 Å². The molecular weight excluding hydrogens is 344 g/mol. The zero-order valence-corrected chi connectivity index (χ0v) is 14.9. The van der Waals surface area contributed by atoms with Crippen LogP contribution in [0.25, 0.3) is 16.7 Å². The van der Waals surface area contributed by atoms with E-state index < -0.39 is 0 Å². The molecule has 27 heavy (non-hydrogen) atoms. The summed E-state index contributed by atoms with van der Waals surface area (Å²) >= 11 is 0. The van der Waals surface area contributed by atoms with Crippen LogP contribution < -0.4 is 10.9 Å². The first kappa shape index (κ1) is 18.1. The van der Waals surface area contributed by atoms with Crippen LogP contribution in [0.15, 0.2) is 65.6 Å². The Balaban J connectivity index is 0.000000481. The molecule has 4 aromatic rings. The van der Waals surface area contributed by atoms with Gasteiger partial charge in [0.15, 0.2) is 0 Å². The summed E-state index contributed by atoms with van der Waals surface area (Å²) in [6, 6.07) is 17.0. The number of ether oxygens (including phenoxy) is 1. The molecule has 0 fully saturated rings. The highest BCUT2D eigenvalue weighted by atomic mass is 16.5. The lowest BCUT2D eigenvalue weighted by Gasteiger charge is -2.09. The van der Waals surface area contributed by atoms with Gasteiger partial charge in [-0.05, 0) is 36.8 Å². The summed E-state index contributed by atoms with van der Waals surface area (Å²) < 4.78 is 5.32. The van der Waals surface area contributed by atoms with Crippen molar-refractivity contribution >= 4 is 34.7 Å². The number of fused-ring (bicyclic) bond motifs is 2. The topological polar surface area (TPSA) is 85.6 Å². The highest BCUT2D eigenvalue weighted by Gasteiger charge is 2.07. The largest absolute Gasteiger partial charge is 0.471 e. The first-order chi connectivity index (χ1) is 13.1. The first-order valence-corrected chi connectivity index (χ1v) is 8.21. The molecule has 2 aromatic carbocycles. The number of hydrogen-bond acceptors (Lipinski definition) is 6. The molecule has 1 N–H and O–H groups in total. The molecule has 0 saturated carbocycles. The Labute approximate surface area is 155 Å². The zero-order valence-electron chi connectivity index (χ0n) is 14.9. The van der Waals surface area contributed by atoms with E-state index in [1.807, 2.05) is 49.4 Å². The number of para-hydroxylation sites is 2. The van der Waals surface area contributed by atoms with Gasteiger partial charge in [0, 0.05) is 11.9 Å². The van der Waals surface area contributed by atoms with E-state index in [2.05, 4.69) is 20.0 Å². The third kappa shape index (κ3) is 3.92. The highest BCUT2D eigenvalue weighted by Crippen LogP contribution is 2.18. The van der Waals surface area contributed by atoms with E-state index in [1.54, 1.807) is 18.3 Å². The van der Waals surface area contributed by atoms with Gasteiger partial charge >= 0.3 is 0 Å². The monoisotopic (exact) mass is 362 g/mol. The number of benzene rings is 2. The van der Waals surface area contributed by atoms with Crippen molar-refractivity contribution in [2.75, 3.05) is 12.4 Å². The molecular formula is C20H18N4O3. The number of methoxy groups -OCH3 is 1. The fourth-order valence-corrected chi connectivity index (χ4v) is 2.56. The minimum atomic E-state index is -0.111. The average Bonchev–Trinajstić information content (AvgIpc) is 2.70. The van der Waals surface area contributed by atoms with Crippen LogP contribution in [0, 0.1) is 6.92 Å². The SMILES string of the molecule is COC=O.Cc1ccccc1Nc1ccn2c(=O)c3ccccc3nc2n1. The Bertz CT molecular complexity index is 1150. The Kier molecular flexibility index (Phi) is 5.41. The summed E-state index contributed by atoms with van der Waals surface area (Å²) in [7, 11) is 1.31. The minimum absolute atomic E-state index is 0.111. The fraction of sp³-hybridized carbons (Fsp3) is 0.100. The molecule has 0 aliphatic rings. The van der Waals surface area contributed by atoms with Crippen LogP contribution in [0.2, 0.25) is 0 Å². The molecule has 7 nitrogen and oxygen atoms in total. The predicted octanol–water partition coefficient (Wildman–Crippen LogP) is 3.08. The van der Waals surface area contributed by atoms with E-state index in [-0.39, 0.29) is 5.56 Å². The lowest BCUT2D eigenvalue weighted by molar-refractivity contribution is -0.126. The number of carbonyl (C=O) groups excluding carboxylic acids is 1. The average molecular weight is 362 g/mol. The Morgan fingerprint density at radius 2 is 1.74 bits per heavy atom. The van der Waals surface area contributed by atoms with Crippen LogP contribution in [0.3, 0.4) is 0 Å². The van der Waals surface area contributed by atoms with E-state index in [1.165, 1.54) is 11.5 Å². The lowest BCUT2D eigenvalue weighted by atomic mass is 10.2. The van der Waals surface area contributed by atoms with Crippen molar-refractivity contribution in [3.8, 4) is 0 Å². The van der Waals surface area contributed by atoms with Gasteiger partial charge < -0.3 is 10.1 Å². The molecule has 0 aliphatic carbocycles. The van der Waals surface area contributed by atoms with Crippen LogP contribution in [-0.2, 0) is 9.53 Å². The normalized spacial score (nSPS) is 10.1. The first-order valence-electron chi connectivity index (χ1n) is 8.21. The third-order valence-electron chi connectivity index (χ3n) is 3.90. The standard InChI is InChI=1S/C18H14N4O.C2H4O2/c1-12-6-2-4-8-14(12)19-16-10-11-22-17(23)13-7-3-5-9-15(13)20-18(22)21-16;1-4-2-3/h2-11H,1H3,(H,19,20,21);2H,1H3. The molecule has 136 valence electrons. The van der Waals surface area contributed by atoms with Crippen LogP contribution in [0.5, 0.6) is 0 Å². The summed E-state index contributed by atoms with van der Waals surface area (Å²) in [5.41, 5.74) is 2.64. The van der Waals surface area contributed by atoms with E-state index in [0.717, 1.165) is 11.3 Å². The maximum Gasteiger partial charge on any atom is 0.292 e. The Hall–Kier alpha value is -3.74. The lowest BCUT2D eigenvalue weighted by Crippen LogP contribution is -2.16. The van der Waals surface area contributed by atoms with Crippen LogP contribution >= 0.6 is 0 Å². The molecule has 2 aromatic heterocycles. The summed E-state index contributed by atoms with van der Waals surface area (Å²) in [4.78, 5) is 30.4. The fourth-order valence-electron chi connectivity index (χ4n) is 2.56. The van der Waals surface area contributed by atoms with E-state index in [4.69, 9.17) is 4.79 Å². The molecule has 0 aliphatic heterocycles. The van der Waals surface area contributed by atoms with Crippen LogP contribution in [-0.4, -0.2) is 28.0 Å². The predicted molar refractivity (Wildman–Crippen MR) is 104 cm³/mol. The minimum Gasteiger partial charge on any atom is -0.471 e. The molecule has 0 bridgehead atoms. The second-order valence-corrected chi connectivity index (χ2v) is 5.69. The molecule has 0 amide bonds. The van der Waals surface area contributed by atoms with Crippen molar-refractivity contribution in [2.45, 2.75) is 6.92 Å². The van der Waals surface area contributed by atoms with Gasteiger partial charge in [0.25, 0.3) is 12.0 Å². The maximum absolute atomic E-state index is 12.5.